The Balaban J connectivity index is 0.000000523. The van der Waals surface area contributed by atoms with Crippen LogP contribution in [0.2, 0.25) is 0 Å². The van der Waals surface area contributed by atoms with Gasteiger partial charge in [0, 0.05) is 24.4 Å². The van der Waals surface area contributed by atoms with Crippen LogP contribution in [0.1, 0.15) is 17.0 Å². The first-order chi connectivity index (χ1) is 15.2. The van der Waals surface area contributed by atoms with Crippen LogP contribution in [0.15, 0.2) is 36.4 Å². The highest BCUT2D eigenvalue weighted by Gasteiger charge is 2.43. The second-order valence-electron chi connectivity index (χ2n) is 7.63. The average molecular weight is 470 g/mol. The largest absolute Gasteiger partial charge is 0.493 e. The van der Waals surface area contributed by atoms with Crippen molar-refractivity contribution in [1.82, 2.24) is 5.32 Å². The van der Waals surface area contributed by atoms with Gasteiger partial charge in [-0.05, 0) is 41.8 Å². The van der Waals surface area contributed by atoms with Crippen molar-refractivity contribution < 1.29 is 41.6 Å². The maximum absolute atomic E-state index is 10.4. The molecule has 0 aromatic heterocycles. The minimum Gasteiger partial charge on any atom is -0.493 e. The summed E-state index contributed by atoms with van der Waals surface area (Å²) in [6.07, 6.45) is 0.742. The van der Waals surface area contributed by atoms with Crippen LogP contribution in [-0.2, 0) is 16.8 Å². The molecule has 0 spiro atoms. The van der Waals surface area contributed by atoms with Crippen molar-refractivity contribution >= 4 is 10.4 Å². The fourth-order valence-corrected chi connectivity index (χ4v) is 4.21. The molecule has 1 fully saturated rings. The van der Waals surface area contributed by atoms with Crippen molar-refractivity contribution in [2.24, 2.45) is 5.41 Å². The van der Waals surface area contributed by atoms with Gasteiger partial charge >= 0.3 is 10.4 Å². The highest BCUT2D eigenvalue weighted by atomic mass is 32.3. The van der Waals surface area contributed by atoms with Crippen molar-refractivity contribution in [3.63, 3.8) is 0 Å². The second-order valence-corrected chi connectivity index (χ2v) is 8.53. The summed E-state index contributed by atoms with van der Waals surface area (Å²) in [5.41, 5.74) is 1.96. The van der Waals surface area contributed by atoms with E-state index in [2.05, 4.69) is 17.4 Å². The van der Waals surface area contributed by atoms with E-state index in [0.717, 1.165) is 42.1 Å². The lowest BCUT2D eigenvalue weighted by Gasteiger charge is -2.33. The highest BCUT2D eigenvalue weighted by molar-refractivity contribution is 7.79. The highest BCUT2D eigenvalue weighted by Crippen LogP contribution is 2.44. The first kappa shape index (κ1) is 24.1. The number of nitrogens with one attached hydrogen (secondary N) is 1. The third-order valence-corrected chi connectivity index (χ3v) is 5.68. The Morgan fingerprint density at radius 3 is 2.41 bits per heavy atom. The lowest BCUT2D eigenvalue weighted by Crippen LogP contribution is -2.35. The summed E-state index contributed by atoms with van der Waals surface area (Å²) in [5, 5.41) is 13.8. The van der Waals surface area contributed by atoms with Gasteiger partial charge in [-0.1, -0.05) is 12.1 Å². The number of rotatable bonds is 6. The number of aliphatic hydroxyl groups excluding tert-OH is 1. The van der Waals surface area contributed by atoms with Crippen molar-refractivity contribution in [2.75, 3.05) is 40.7 Å². The fourth-order valence-electron chi connectivity index (χ4n) is 4.21. The molecule has 2 atom stereocenters. The molecule has 4 N–H and O–H groups in total. The molecule has 32 heavy (non-hydrogen) atoms. The molecular formula is C21H27NO9S. The van der Waals surface area contributed by atoms with E-state index in [-0.39, 0.29) is 24.7 Å². The number of aliphatic hydroxyl groups is 1. The molecule has 11 heteroatoms. The minimum absolute atomic E-state index is 0.0907. The zero-order valence-corrected chi connectivity index (χ0v) is 18.6. The first-order valence-corrected chi connectivity index (χ1v) is 11.2. The van der Waals surface area contributed by atoms with E-state index in [1.54, 1.807) is 14.2 Å². The number of ether oxygens (including phenoxy) is 4. The summed E-state index contributed by atoms with van der Waals surface area (Å²) in [5.74, 6) is 3.12. The molecule has 2 aromatic rings. The van der Waals surface area contributed by atoms with E-state index < -0.39 is 10.4 Å². The maximum Gasteiger partial charge on any atom is 0.394 e. The lowest BCUT2D eigenvalue weighted by molar-refractivity contribution is 0.126. The number of methoxy groups -OCH3 is 2. The predicted octanol–water partition coefficient (Wildman–Crippen LogP) is 1.69. The molecule has 176 valence electrons. The van der Waals surface area contributed by atoms with E-state index in [1.165, 1.54) is 0 Å². The van der Waals surface area contributed by atoms with E-state index in [1.807, 2.05) is 24.3 Å². The van der Waals surface area contributed by atoms with E-state index in [9.17, 15) is 5.11 Å². The van der Waals surface area contributed by atoms with Gasteiger partial charge in [-0.15, -0.1) is 0 Å². The summed E-state index contributed by atoms with van der Waals surface area (Å²) >= 11 is 0. The van der Waals surface area contributed by atoms with E-state index in [4.69, 9.17) is 36.5 Å². The molecule has 2 aliphatic rings. The van der Waals surface area contributed by atoms with Gasteiger partial charge in [0.15, 0.2) is 23.0 Å². The lowest BCUT2D eigenvalue weighted by atomic mass is 9.71. The number of hydrogen-bond donors (Lipinski definition) is 4. The molecule has 2 heterocycles. The summed E-state index contributed by atoms with van der Waals surface area (Å²) in [6, 6.07) is 12.0. The average Bonchev–Trinajstić information content (AvgIpc) is 3.39. The van der Waals surface area contributed by atoms with Crippen molar-refractivity contribution in [2.45, 2.75) is 12.3 Å². The number of fused-ring (bicyclic) bond motifs is 1. The molecule has 2 unspecified atom stereocenters. The van der Waals surface area contributed by atoms with Gasteiger partial charge in [0.1, 0.15) is 0 Å². The topological polar surface area (TPSA) is 144 Å². The normalized spacial score (nSPS) is 21.6. The SMILES string of the molecule is COc1ccc(C2CNCC2(CO)Cc2ccc3c(c2)OCO3)cc1OC.O=S(=O)(O)O. The summed E-state index contributed by atoms with van der Waals surface area (Å²) in [4.78, 5) is 0. The van der Waals surface area contributed by atoms with Gasteiger partial charge < -0.3 is 29.4 Å². The van der Waals surface area contributed by atoms with E-state index >= 15 is 0 Å². The zero-order chi connectivity index (χ0) is 23.4. The Morgan fingerprint density at radius 2 is 1.75 bits per heavy atom. The monoisotopic (exact) mass is 469 g/mol. The van der Waals surface area contributed by atoms with Gasteiger partial charge in [-0.2, -0.15) is 8.42 Å². The standard InChI is InChI=1S/C21H25NO5.H2O4S/c1-24-17-6-4-15(8-19(17)25-2)16-10-22-11-21(16,12-23)9-14-3-5-18-20(7-14)27-13-26-18;1-5(2,3)4/h3-8,16,22-23H,9-13H2,1-2H3;(H2,1,2,3,4). The molecule has 0 saturated carbocycles. The van der Waals surface area contributed by atoms with Gasteiger partial charge in [0.25, 0.3) is 0 Å². The molecule has 2 aromatic carbocycles. The molecule has 4 rings (SSSR count). The predicted molar refractivity (Wildman–Crippen MR) is 115 cm³/mol. The fraction of sp³-hybridized carbons (Fsp3) is 0.429. The molecule has 0 radical (unpaired) electrons. The Kier molecular flexibility index (Phi) is 7.47. The quantitative estimate of drug-likeness (QED) is 0.461. The Labute approximate surface area is 186 Å². The Morgan fingerprint density at radius 1 is 1.06 bits per heavy atom. The maximum atomic E-state index is 10.4. The van der Waals surface area contributed by atoms with E-state index in [0.29, 0.717) is 11.5 Å². The molecule has 0 aliphatic carbocycles. The molecule has 1 saturated heterocycles. The molecule has 10 nitrogen and oxygen atoms in total. The molecule has 0 bridgehead atoms. The molecule has 2 aliphatic heterocycles. The minimum atomic E-state index is -4.67. The van der Waals surface area contributed by atoms with Crippen LogP contribution < -0.4 is 24.3 Å². The van der Waals surface area contributed by atoms with Crippen LogP contribution in [0.5, 0.6) is 23.0 Å². The number of benzene rings is 2. The van der Waals surface area contributed by atoms with Crippen LogP contribution >= 0.6 is 0 Å². The Hall–Kier alpha value is -2.57. The van der Waals surface area contributed by atoms with Gasteiger partial charge in [0.2, 0.25) is 6.79 Å². The second kappa shape index (κ2) is 9.92. The number of hydrogen-bond acceptors (Lipinski definition) is 8. The van der Waals surface area contributed by atoms with Crippen LogP contribution in [-0.4, -0.2) is 63.3 Å². The van der Waals surface area contributed by atoms with Crippen LogP contribution in [0.4, 0.5) is 0 Å². The van der Waals surface area contributed by atoms with Gasteiger partial charge in [-0.3, -0.25) is 9.11 Å². The van der Waals surface area contributed by atoms with Crippen LogP contribution in [0, 0.1) is 5.41 Å². The smallest absolute Gasteiger partial charge is 0.394 e. The van der Waals surface area contributed by atoms with Crippen molar-refractivity contribution in [1.29, 1.82) is 0 Å². The third-order valence-electron chi connectivity index (χ3n) is 5.68. The molecule has 0 amide bonds. The van der Waals surface area contributed by atoms with Crippen molar-refractivity contribution in [3.05, 3.63) is 47.5 Å². The van der Waals surface area contributed by atoms with Crippen molar-refractivity contribution in [3.8, 4) is 23.0 Å². The third kappa shape index (κ3) is 5.61. The van der Waals surface area contributed by atoms with Gasteiger partial charge in [-0.25, -0.2) is 0 Å². The zero-order valence-electron chi connectivity index (χ0n) is 17.8. The Bertz CT molecular complexity index is 1040. The molecular weight excluding hydrogens is 442 g/mol. The van der Waals surface area contributed by atoms with Crippen LogP contribution in [0.3, 0.4) is 0 Å². The summed E-state index contributed by atoms with van der Waals surface area (Å²) in [7, 11) is -1.40. The first-order valence-electron chi connectivity index (χ1n) is 9.81. The summed E-state index contributed by atoms with van der Waals surface area (Å²) < 4.78 is 53.3. The van der Waals surface area contributed by atoms with Crippen LogP contribution in [0.25, 0.3) is 0 Å². The summed E-state index contributed by atoms with van der Waals surface area (Å²) in [6.45, 7) is 1.91. The van der Waals surface area contributed by atoms with Gasteiger partial charge in [0.05, 0.1) is 20.8 Å².